The van der Waals surface area contributed by atoms with E-state index in [9.17, 15) is 0 Å². The van der Waals surface area contributed by atoms with Crippen LogP contribution in [0.3, 0.4) is 0 Å². The number of aliphatic imine (C=N–C) groups is 1. The molecule has 33 heavy (non-hydrogen) atoms. The van der Waals surface area contributed by atoms with E-state index in [4.69, 9.17) is 9.47 Å². The molecule has 2 N–H and O–H groups in total. The number of benzene rings is 2. The number of hydrogen-bond donors (Lipinski definition) is 2. The lowest BCUT2D eigenvalue weighted by molar-refractivity contribution is -0.0265. The van der Waals surface area contributed by atoms with Gasteiger partial charge in [0.2, 0.25) is 0 Å². The summed E-state index contributed by atoms with van der Waals surface area (Å²) in [5.41, 5.74) is 3.65. The second-order valence-electron chi connectivity index (χ2n) is 8.67. The Hall–Kier alpha value is -1.84. The van der Waals surface area contributed by atoms with Gasteiger partial charge in [0.05, 0.1) is 6.10 Å². The van der Waals surface area contributed by atoms with E-state index in [0.717, 1.165) is 49.8 Å². The van der Waals surface area contributed by atoms with Crippen LogP contribution >= 0.6 is 24.0 Å². The number of halogens is 1. The van der Waals surface area contributed by atoms with E-state index < -0.39 is 0 Å². The summed E-state index contributed by atoms with van der Waals surface area (Å²) in [6.45, 7) is 5.97. The van der Waals surface area contributed by atoms with Gasteiger partial charge in [-0.25, -0.2) is 0 Å². The van der Waals surface area contributed by atoms with Crippen molar-refractivity contribution in [3.8, 4) is 5.75 Å². The summed E-state index contributed by atoms with van der Waals surface area (Å²) in [7, 11) is 5.91. The molecule has 1 aliphatic heterocycles. The average molecular weight is 567 g/mol. The van der Waals surface area contributed by atoms with Crippen molar-refractivity contribution in [1.29, 1.82) is 0 Å². The van der Waals surface area contributed by atoms with Crippen molar-refractivity contribution < 1.29 is 9.47 Å². The van der Waals surface area contributed by atoms with Crippen molar-refractivity contribution >= 4 is 29.9 Å². The van der Waals surface area contributed by atoms with Crippen LogP contribution in [0.25, 0.3) is 0 Å². The molecule has 1 fully saturated rings. The normalized spacial score (nSPS) is 18.5. The Morgan fingerprint density at radius 2 is 1.88 bits per heavy atom. The van der Waals surface area contributed by atoms with Gasteiger partial charge in [0.25, 0.3) is 0 Å². The molecule has 2 atom stereocenters. The molecule has 0 radical (unpaired) electrons. The van der Waals surface area contributed by atoms with E-state index in [1.165, 1.54) is 11.1 Å². The van der Waals surface area contributed by atoms with Crippen LogP contribution in [-0.4, -0.2) is 58.3 Å². The molecule has 2 aromatic carbocycles. The molecule has 1 aliphatic rings. The zero-order valence-corrected chi connectivity index (χ0v) is 22.7. The van der Waals surface area contributed by atoms with E-state index in [-0.39, 0.29) is 30.1 Å². The summed E-state index contributed by atoms with van der Waals surface area (Å²) < 4.78 is 12.1. The van der Waals surface area contributed by atoms with Gasteiger partial charge in [-0.15, -0.1) is 24.0 Å². The average Bonchev–Trinajstić information content (AvgIpc) is 2.80. The number of ether oxygens (including phenoxy) is 2. The van der Waals surface area contributed by atoms with Crippen molar-refractivity contribution in [2.75, 3.05) is 47.4 Å². The van der Waals surface area contributed by atoms with Gasteiger partial charge in [-0.3, -0.25) is 4.99 Å². The summed E-state index contributed by atoms with van der Waals surface area (Å²) in [6.07, 6.45) is 2.37. The third kappa shape index (κ3) is 8.79. The monoisotopic (exact) mass is 566 g/mol. The fourth-order valence-electron chi connectivity index (χ4n) is 3.93. The Labute approximate surface area is 216 Å². The highest BCUT2D eigenvalue weighted by molar-refractivity contribution is 14.0. The summed E-state index contributed by atoms with van der Waals surface area (Å²) in [5.74, 6) is 2.12. The number of hydrogen-bond acceptors (Lipinski definition) is 4. The number of nitrogens with zero attached hydrogens (tertiary/aromatic N) is 2. The second-order valence-corrected chi connectivity index (χ2v) is 8.67. The van der Waals surface area contributed by atoms with Crippen molar-refractivity contribution in [1.82, 2.24) is 15.5 Å². The van der Waals surface area contributed by atoms with Crippen LogP contribution < -0.4 is 15.4 Å². The Morgan fingerprint density at radius 3 is 2.61 bits per heavy atom. The third-order valence-corrected chi connectivity index (χ3v) is 5.82. The molecule has 0 spiro atoms. The highest BCUT2D eigenvalue weighted by Gasteiger charge is 2.27. The van der Waals surface area contributed by atoms with Gasteiger partial charge >= 0.3 is 0 Å². The summed E-state index contributed by atoms with van der Waals surface area (Å²) in [6, 6.07) is 16.9. The van der Waals surface area contributed by atoms with Crippen LogP contribution in [-0.2, 0) is 11.3 Å². The van der Waals surface area contributed by atoms with E-state index >= 15 is 0 Å². The van der Waals surface area contributed by atoms with Crippen LogP contribution in [0.5, 0.6) is 5.75 Å². The number of rotatable bonds is 9. The predicted octanol–water partition coefficient (Wildman–Crippen LogP) is 4.39. The van der Waals surface area contributed by atoms with Crippen molar-refractivity contribution in [2.45, 2.75) is 32.4 Å². The Morgan fingerprint density at radius 1 is 1.12 bits per heavy atom. The minimum absolute atomic E-state index is 0. The molecule has 7 heteroatoms. The van der Waals surface area contributed by atoms with Crippen molar-refractivity contribution in [3.05, 3.63) is 65.2 Å². The minimum atomic E-state index is 0. The summed E-state index contributed by atoms with van der Waals surface area (Å²) >= 11 is 0. The maximum Gasteiger partial charge on any atom is 0.191 e. The molecule has 0 aliphatic carbocycles. The molecular formula is C26H39IN4O2. The summed E-state index contributed by atoms with van der Waals surface area (Å²) in [4.78, 5) is 6.53. The zero-order chi connectivity index (χ0) is 22.8. The van der Waals surface area contributed by atoms with E-state index in [0.29, 0.717) is 19.1 Å². The molecule has 3 rings (SSSR count). The number of likely N-dealkylation sites (N-methyl/N-ethyl adjacent to an activating group) is 1. The molecule has 6 nitrogen and oxygen atoms in total. The van der Waals surface area contributed by atoms with E-state index in [1.54, 1.807) is 0 Å². The van der Waals surface area contributed by atoms with Crippen molar-refractivity contribution in [3.63, 3.8) is 0 Å². The molecule has 0 aromatic heterocycles. The predicted molar refractivity (Wildman–Crippen MR) is 147 cm³/mol. The molecule has 0 amide bonds. The van der Waals surface area contributed by atoms with Crippen LogP contribution in [0.15, 0.2) is 53.5 Å². The fraction of sp³-hybridized carbons (Fsp3) is 0.500. The van der Waals surface area contributed by atoms with E-state index in [1.807, 2.05) is 39.3 Å². The van der Waals surface area contributed by atoms with Gasteiger partial charge in [-0.2, -0.15) is 0 Å². The van der Waals surface area contributed by atoms with Crippen LogP contribution in [0.2, 0.25) is 0 Å². The standard InChI is InChI=1S/C26H38N4O2.HI/c1-20-11-13-21(14-12-20)25-23(9-7-16-32-25)19-29-26(27-2)28-18-22-8-5-6-10-24(22)31-17-15-30(3)4;/h5-6,8,10-14,23,25H,7,9,15-19H2,1-4H3,(H2,27,28,29);1H. The highest BCUT2D eigenvalue weighted by atomic mass is 127. The maximum absolute atomic E-state index is 6.16. The fourth-order valence-corrected chi connectivity index (χ4v) is 3.93. The molecule has 1 heterocycles. The lowest BCUT2D eigenvalue weighted by Gasteiger charge is -2.32. The molecule has 2 aromatic rings. The molecule has 0 saturated carbocycles. The number of aryl methyl sites for hydroxylation is 1. The molecule has 2 unspecified atom stereocenters. The molecule has 182 valence electrons. The van der Waals surface area contributed by atoms with Gasteiger partial charge in [0.15, 0.2) is 5.96 Å². The smallest absolute Gasteiger partial charge is 0.191 e. The van der Waals surface area contributed by atoms with Crippen LogP contribution in [0, 0.1) is 12.8 Å². The minimum Gasteiger partial charge on any atom is -0.492 e. The van der Waals surface area contributed by atoms with Crippen molar-refractivity contribution in [2.24, 2.45) is 10.9 Å². The number of para-hydroxylation sites is 1. The zero-order valence-electron chi connectivity index (χ0n) is 20.3. The summed E-state index contributed by atoms with van der Waals surface area (Å²) in [5, 5.41) is 6.94. The Balaban J connectivity index is 0.00000385. The largest absolute Gasteiger partial charge is 0.492 e. The van der Waals surface area contributed by atoms with Gasteiger partial charge in [0, 0.05) is 44.8 Å². The van der Waals surface area contributed by atoms with Crippen LogP contribution in [0.4, 0.5) is 0 Å². The van der Waals surface area contributed by atoms with Crippen LogP contribution in [0.1, 0.15) is 35.6 Å². The SMILES string of the molecule is CN=C(NCc1ccccc1OCCN(C)C)NCC1CCCOC1c1ccc(C)cc1.I. The number of nitrogens with one attached hydrogen (secondary N) is 2. The van der Waals surface area contributed by atoms with Gasteiger partial charge in [0.1, 0.15) is 12.4 Å². The highest BCUT2D eigenvalue weighted by Crippen LogP contribution is 2.33. The first-order valence-electron chi connectivity index (χ1n) is 11.5. The van der Waals surface area contributed by atoms with Gasteiger partial charge in [-0.1, -0.05) is 48.0 Å². The third-order valence-electron chi connectivity index (χ3n) is 5.82. The molecule has 0 bridgehead atoms. The maximum atomic E-state index is 6.16. The topological polar surface area (TPSA) is 58.1 Å². The molecule has 1 saturated heterocycles. The molecular weight excluding hydrogens is 527 g/mol. The quantitative estimate of drug-likeness (QED) is 0.268. The van der Waals surface area contributed by atoms with Gasteiger partial charge in [-0.05, 0) is 45.5 Å². The van der Waals surface area contributed by atoms with E-state index in [2.05, 4.69) is 57.8 Å². The second kappa shape index (κ2) is 14.4. The lowest BCUT2D eigenvalue weighted by atomic mass is 9.89. The first-order valence-corrected chi connectivity index (χ1v) is 11.5. The Kier molecular flexibility index (Phi) is 12.0. The van der Waals surface area contributed by atoms with Gasteiger partial charge < -0.3 is 25.0 Å². The first-order chi connectivity index (χ1) is 15.6. The Bertz CT molecular complexity index is 858. The first kappa shape index (κ1) is 27.4. The lowest BCUT2D eigenvalue weighted by Crippen LogP contribution is -2.41. The number of guanidine groups is 1.